The largest absolute Gasteiger partial charge is 0.356 e. The molecule has 1 N–H and O–H groups in total. The van der Waals surface area contributed by atoms with E-state index in [0.717, 1.165) is 13.0 Å². The van der Waals surface area contributed by atoms with Gasteiger partial charge in [0.05, 0.1) is 5.92 Å². The zero-order valence-corrected chi connectivity index (χ0v) is 17.6. The zero-order chi connectivity index (χ0) is 20.2. The van der Waals surface area contributed by atoms with E-state index in [0.29, 0.717) is 45.4 Å². The minimum Gasteiger partial charge on any atom is -0.356 e. The van der Waals surface area contributed by atoms with Gasteiger partial charge in [-0.1, -0.05) is 0 Å². The lowest BCUT2D eigenvalue weighted by Crippen LogP contribution is -2.46. The second kappa shape index (κ2) is 9.04. The first-order chi connectivity index (χ1) is 12.6. The Kier molecular flexibility index (Phi) is 7.25. The van der Waals surface area contributed by atoms with Gasteiger partial charge in [-0.15, -0.1) is 0 Å². The summed E-state index contributed by atoms with van der Waals surface area (Å²) in [6.07, 6.45) is 2.66. The number of carbonyl (C=O) groups is 3. The summed E-state index contributed by atoms with van der Waals surface area (Å²) >= 11 is 0. The maximum Gasteiger partial charge on any atom is 0.227 e. The van der Waals surface area contributed by atoms with Crippen LogP contribution in [-0.4, -0.2) is 84.8 Å². The maximum absolute atomic E-state index is 12.8. The monoisotopic (exact) mass is 380 g/mol. The van der Waals surface area contributed by atoms with E-state index in [2.05, 4.69) is 10.2 Å². The molecule has 2 saturated heterocycles. The minimum atomic E-state index is -0.246. The van der Waals surface area contributed by atoms with Crippen LogP contribution >= 0.6 is 0 Å². The number of hydrogen-bond acceptors (Lipinski definition) is 4. The Labute approximate surface area is 163 Å². The Morgan fingerprint density at radius 2 is 1.78 bits per heavy atom. The third-order valence-electron chi connectivity index (χ3n) is 5.54. The van der Waals surface area contributed by atoms with Crippen molar-refractivity contribution in [1.82, 2.24) is 20.0 Å². The second-order valence-corrected chi connectivity index (χ2v) is 9.12. The molecule has 2 fully saturated rings. The topological polar surface area (TPSA) is 73.0 Å². The number of amides is 3. The summed E-state index contributed by atoms with van der Waals surface area (Å²) < 4.78 is 0. The molecule has 0 radical (unpaired) electrons. The van der Waals surface area contributed by atoms with E-state index in [1.165, 1.54) is 0 Å². The van der Waals surface area contributed by atoms with E-state index < -0.39 is 0 Å². The maximum atomic E-state index is 12.8. The van der Waals surface area contributed by atoms with Crippen molar-refractivity contribution >= 4 is 17.7 Å². The molecule has 1 unspecified atom stereocenters. The van der Waals surface area contributed by atoms with Gasteiger partial charge in [-0.2, -0.15) is 0 Å². The van der Waals surface area contributed by atoms with Crippen LogP contribution in [0.15, 0.2) is 0 Å². The first-order valence-corrected chi connectivity index (χ1v) is 10.1. The molecule has 0 aromatic heterocycles. The van der Waals surface area contributed by atoms with Crippen molar-refractivity contribution in [2.75, 3.05) is 46.8 Å². The van der Waals surface area contributed by atoms with E-state index in [1.807, 2.05) is 44.7 Å². The highest BCUT2D eigenvalue weighted by molar-refractivity contribution is 5.90. The third kappa shape index (κ3) is 5.92. The van der Waals surface area contributed by atoms with E-state index >= 15 is 0 Å². The van der Waals surface area contributed by atoms with Crippen molar-refractivity contribution < 1.29 is 14.4 Å². The molecule has 7 nitrogen and oxygen atoms in total. The van der Waals surface area contributed by atoms with Crippen LogP contribution in [0.1, 0.15) is 46.5 Å². The summed E-state index contributed by atoms with van der Waals surface area (Å²) in [4.78, 5) is 43.1. The molecule has 7 heteroatoms. The number of nitrogens with one attached hydrogen (secondary N) is 1. The summed E-state index contributed by atoms with van der Waals surface area (Å²) in [5.41, 5.74) is -0.246. The van der Waals surface area contributed by atoms with E-state index in [1.54, 1.807) is 0 Å². The molecule has 2 heterocycles. The molecule has 27 heavy (non-hydrogen) atoms. The van der Waals surface area contributed by atoms with Crippen molar-refractivity contribution in [3.63, 3.8) is 0 Å². The van der Waals surface area contributed by atoms with Gasteiger partial charge in [-0.25, -0.2) is 0 Å². The van der Waals surface area contributed by atoms with Crippen molar-refractivity contribution in [1.29, 1.82) is 0 Å². The second-order valence-electron chi connectivity index (χ2n) is 9.12. The number of carbonyl (C=O) groups excluding carboxylic acids is 3. The first-order valence-electron chi connectivity index (χ1n) is 10.1. The summed E-state index contributed by atoms with van der Waals surface area (Å²) in [6, 6.07) is 0. The molecular weight excluding hydrogens is 344 g/mol. The van der Waals surface area contributed by atoms with Gasteiger partial charge in [0.2, 0.25) is 17.7 Å². The fraction of sp³-hybridized carbons (Fsp3) is 0.850. The molecule has 2 rings (SSSR count). The van der Waals surface area contributed by atoms with Gasteiger partial charge in [0.25, 0.3) is 0 Å². The minimum absolute atomic E-state index is 0.00955. The van der Waals surface area contributed by atoms with Gasteiger partial charge < -0.3 is 20.0 Å². The normalized spacial score (nSPS) is 21.9. The highest BCUT2D eigenvalue weighted by Gasteiger charge is 2.41. The molecule has 3 amide bonds. The Morgan fingerprint density at radius 3 is 2.30 bits per heavy atom. The number of nitrogens with zero attached hydrogens (tertiary/aromatic N) is 3. The van der Waals surface area contributed by atoms with E-state index in [4.69, 9.17) is 0 Å². The van der Waals surface area contributed by atoms with Crippen LogP contribution in [0, 0.1) is 11.8 Å². The predicted octanol–water partition coefficient (Wildman–Crippen LogP) is 0.940. The summed E-state index contributed by atoms with van der Waals surface area (Å²) in [5, 5.41) is 3.01. The fourth-order valence-corrected chi connectivity index (χ4v) is 3.89. The Hall–Kier alpha value is -1.63. The van der Waals surface area contributed by atoms with Crippen LogP contribution in [0.3, 0.4) is 0 Å². The predicted molar refractivity (Wildman–Crippen MR) is 105 cm³/mol. The number of piperidine rings is 1. The van der Waals surface area contributed by atoms with Crippen molar-refractivity contribution in [3.8, 4) is 0 Å². The van der Waals surface area contributed by atoms with Crippen LogP contribution in [0.4, 0.5) is 0 Å². The fourth-order valence-electron chi connectivity index (χ4n) is 3.89. The molecule has 0 aliphatic carbocycles. The van der Waals surface area contributed by atoms with Crippen LogP contribution in [0.25, 0.3) is 0 Å². The molecule has 2 aliphatic rings. The van der Waals surface area contributed by atoms with Crippen molar-refractivity contribution in [3.05, 3.63) is 0 Å². The summed E-state index contributed by atoms with van der Waals surface area (Å²) in [6.45, 7) is 9.38. The Balaban J connectivity index is 1.76. The molecule has 0 spiro atoms. The summed E-state index contributed by atoms with van der Waals surface area (Å²) in [5.74, 6) is -0.0126. The van der Waals surface area contributed by atoms with Crippen molar-refractivity contribution in [2.24, 2.45) is 11.8 Å². The molecule has 0 aromatic rings. The number of hydrogen-bond donors (Lipinski definition) is 1. The lowest BCUT2D eigenvalue weighted by molar-refractivity contribution is -0.139. The Bertz CT molecular complexity index is 548. The number of rotatable bonds is 6. The highest BCUT2D eigenvalue weighted by Crippen LogP contribution is 2.28. The molecular formula is C20H36N4O3. The van der Waals surface area contributed by atoms with E-state index in [-0.39, 0.29) is 35.1 Å². The average molecular weight is 381 g/mol. The first kappa shape index (κ1) is 21.7. The van der Waals surface area contributed by atoms with Crippen LogP contribution in [-0.2, 0) is 14.4 Å². The van der Waals surface area contributed by atoms with Gasteiger partial charge in [0.1, 0.15) is 0 Å². The SMILES string of the molecule is CN(C)CCCNC(=O)C1CCN(C(=O)C2CC(=O)N(C(C)(C)C)C2)CC1. The van der Waals surface area contributed by atoms with Crippen molar-refractivity contribution in [2.45, 2.75) is 52.0 Å². The lowest BCUT2D eigenvalue weighted by Gasteiger charge is -2.34. The van der Waals surface area contributed by atoms with Gasteiger partial charge in [-0.3, -0.25) is 14.4 Å². The Morgan fingerprint density at radius 1 is 1.15 bits per heavy atom. The number of likely N-dealkylation sites (tertiary alicyclic amines) is 2. The molecule has 0 saturated carbocycles. The van der Waals surface area contributed by atoms with Gasteiger partial charge >= 0.3 is 0 Å². The van der Waals surface area contributed by atoms with Gasteiger partial charge in [-0.05, 0) is 60.7 Å². The molecule has 154 valence electrons. The third-order valence-corrected chi connectivity index (χ3v) is 5.54. The lowest BCUT2D eigenvalue weighted by atomic mass is 9.94. The average Bonchev–Trinajstić information content (AvgIpc) is 3.00. The van der Waals surface area contributed by atoms with E-state index in [9.17, 15) is 14.4 Å². The van der Waals surface area contributed by atoms with Gasteiger partial charge in [0.15, 0.2) is 0 Å². The zero-order valence-electron chi connectivity index (χ0n) is 17.6. The molecule has 0 aromatic carbocycles. The quantitative estimate of drug-likeness (QED) is 0.696. The van der Waals surface area contributed by atoms with Crippen LogP contribution in [0.5, 0.6) is 0 Å². The summed E-state index contributed by atoms with van der Waals surface area (Å²) in [7, 11) is 4.04. The molecule has 2 aliphatic heterocycles. The smallest absolute Gasteiger partial charge is 0.227 e. The van der Waals surface area contributed by atoms with Crippen LogP contribution < -0.4 is 5.32 Å². The highest BCUT2D eigenvalue weighted by atomic mass is 16.2. The van der Waals surface area contributed by atoms with Gasteiger partial charge in [0, 0.05) is 44.1 Å². The molecule has 1 atom stereocenters. The van der Waals surface area contributed by atoms with Crippen LogP contribution in [0.2, 0.25) is 0 Å². The standard InChI is InChI=1S/C20H36N4O3/c1-20(2,3)24-14-16(13-17(24)25)19(27)23-11-7-15(8-12-23)18(26)21-9-6-10-22(4)5/h15-16H,6-14H2,1-5H3,(H,21,26). The molecule has 0 bridgehead atoms.